The van der Waals surface area contributed by atoms with Crippen molar-refractivity contribution in [2.75, 3.05) is 0 Å². The highest BCUT2D eigenvalue weighted by molar-refractivity contribution is 5.85. The number of nitrogens with two attached hydrogens (primary N) is 1. The first kappa shape index (κ1) is 8.86. The van der Waals surface area contributed by atoms with Gasteiger partial charge in [-0.1, -0.05) is 6.92 Å². The number of hydrogen-bond donors (Lipinski definition) is 3. The molecule has 0 spiro atoms. The molecule has 0 saturated heterocycles. The minimum absolute atomic E-state index is 0.0978. The van der Waals surface area contributed by atoms with E-state index < -0.39 is 11.8 Å². The maximum absolute atomic E-state index is 10.5. The van der Waals surface area contributed by atoms with E-state index in [0.717, 1.165) is 0 Å². The molecule has 1 unspecified atom stereocenters. The first-order valence-corrected chi connectivity index (χ1v) is 3.69. The van der Waals surface area contributed by atoms with E-state index in [0.29, 0.717) is 12.1 Å². The van der Waals surface area contributed by atoms with Gasteiger partial charge in [0.25, 0.3) is 0 Å². The lowest BCUT2D eigenvalue weighted by atomic mass is 10.3. The van der Waals surface area contributed by atoms with Crippen LogP contribution in [0.1, 0.15) is 20.3 Å². The van der Waals surface area contributed by atoms with E-state index in [4.69, 9.17) is 15.6 Å². The van der Waals surface area contributed by atoms with Crippen molar-refractivity contribution in [1.29, 1.82) is 0 Å². The highest BCUT2D eigenvalue weighted by atomic mass is 16.6. The van der Waals surface area contributed by atoms with E-state index in [1.54, 1.807) is 6.92 Å². The van der Waals surface area contributed by atoms with Crippen LogP contribution in [0.2, 0.25) is 0 Å². The molecule has 5 nitrogen and oxygen atoms in total. The summed E-state index contributed by atoms with van der Waals surface area (Å²) in [4.78, 5) is 10.5. The normalized spacial score (nSPS) is 28.2. The second-order valence-corrected chi connectivity index (χ2v) is 2.73. The summed E-state index contributed by atoms with van der Waals surface area (Å²) < 4.78 is 5.02. The molecule has 0 amide bonds. The maximum Gasteiger partial charge on any atom is 0.373 e. The summed E-state index contributed by atoms with van der Waals surface area (Å²) in [6.07, 6.45) is 0.501. The Morgan fingerprint density at radius 1 is 1.83 bits per heavy atom. The van der Waals surface area contributed by atoms with Gasteiger partial charge in [0.1, 0.15) is 0 Å². The number of carbonyl (C=O) groups is 1. The van der Waals surface area contributed by atoms with Crippen molar-refractivity contribution in [3.63, 3.8) is 0 Å². The monoisotopic (exact) mass is 172 g/mol. The van der Waals surface area contributed by atoms with Crippen molar-refractivity contribution in [3.8, 4) is 0 Å². The van der Waals surface area contributed by atoms with Gasteiger partial charge in [-0.3, -0.25) is 5.73 Å². The van der Waals surface area contributed by atoms with Gasteiger partial charge in [-0.2, -0.15) is 0 Å². The van der Waals surface area contributed by atoms with Crippen LogP contribution in [0.15, 0.2) is 11.5 Å². The lowest BCUT2D eigenvalue weighted by Crippen LogP contribution is -2.50. The SMILES string of the molecule is CCC1(N)NC(C)=C(C(=O)O)O1. The number of carboxylic acid groups (broad SMARTS) is 1. The highest BCUT2D eigenvalue weighted by Gasteiger charge is 2.36. The third-order valence-electron chi connectivity index (χ3n) is 1.74. The zero-order chi connectivity index (χ0) is 9.35. The van der Waals surface area contributed by atoms with Gasteiger partial charge in [0.05, 0.1) is 5.70 Å². The Hall–Kier alpha value is -1.23. The van der Waals surface area contributed by atoms with Gasteiger partial charge < -0.3 is 15.2 Å². The number of rotatable bonds is 2. The summed E-state index contributed by atoms with van der Waals surface area (Å²) in [6.45, 7) is 3.43. The van der Waals surface area contributed by atoms with Crippen LogP contribution in [-0.4, -0.2) is 16.9 Å². The summed E-state index contributed by atoms with van der Waals surface area (Å²) >= 11 is 0. The molecule has 12 heavy (non-hydrogen) atoms. The minimum atomic E-state index is -1.10. The van der Waals surface area contributed by atoms with Crippen LogP contribution in [0.25, 0.3) is 0 Å². The number of nitrogens with one attached hydrogen (secondary N) is 1. The fourth-order valence-electron chi connectivity index (χ4n) is 1.02. The van der Waals surface area contributed by atoms with E-state index in [1.807, 2.05) is 6.92 Å². The molecule has 1 heterocycles. The van der Waals surface area contributed by atoms with E-state index >= 15 is 0 Å². The van der Waals surface area contributed by atoms with Crippen molar-refractivity contribution in [2.24, 2.45) is 5.73 Å². The van der Waals surface area contributed by atoms with Crippen LogP contribution in [0.4, 0.5) is 0 Å². The smallest absolute Gasteiger partial charge is 0.373 e. The first-order valence-electron chi connectivity index (χ1n) is 3.69. The number of allylic oxidation sites excluding steroid dienone is 1. The number of ether oxygens (including phenoxy) is 1. The number of aliphatic carboxylic acids is 1. The van der Waals surface area contributed by atoms with Crippen molar-refractivity contribution in [2.45, 2.75) is 26.1 Å². The molecule has 1 atom stereocenters. The second kappa shape index (κ2) is 2.67. The predicted octanol–water partition coefficient (Wildman–Crippen LogP) is -0.0552. The maximum atomic E-state index is 10.5. The lowest BCUT2D eigenvalue weighted by Gasteiger charge is -2.22. The third kappa shape index (κ3) is 1.35. The molecule has 0 aliphatic carbocycles. The Labute approximate surface area is 70.2 Å². The summed E-state index contributed by atoms with van der Waals surface area (Å²) in [7, 11) is 0. The van der Waals surface area contributed by atoms with Gasteiger partial charge in [-0.05, 0) is 6.92 Å². The number of hydrogen-bond acceptors (Lipinski definition) is 4. The summed E-state index contributed by atoms with van der Waals surface area (Å²) in [6, 6.07) is 0. The molecule has 1 rings (SSSR count). The van der Waals surface area contributed by atoms with E-state index in [1.165, 1.54) is 0 Å². The fourth-order valence-corrected chi connectivity index (χ4v) is 1.02. The molecular formula is C7H12N2O3. The number of carboxylic acids is 1. The standard InChI is InChI=1S/C7H12N2O3/c1-3-7(8)9-4(2)5(12-7)6(10)11/h9H,3,8H2,1-2H3,(H,10,11). The zero-order valence-corrected chi connectivity index (χ0v) is 7.05. The first-order chi connectivity index (χ1) is 5.48. The molecule has 0 saturated carbocycles. The molecule has 5 heteroatoms. The van der Waals surface area contributed by atoms with E-state index in [2.05, 4.69) is 5.32 Å². The van der Waals surface area contributed by atoms with E-state index in [9.17, 15) is 4.79 Å². The Morgan fingerprint density at radius 2 is 2.42 bits per heavy atom. The summed E-state index contributed by atoms with van der Waals surface area (Å²) in [5.74, 6) is -2.24. The minimum Gasteiger partial charge on any atom is -0.475 e. The zero-order valence-electron chi connectivity index (χ0n) is 7.05. The van der Waals surface area contributed by atoms with Crippen LogP contribution < -0.4 is 11.1 Å². The fraction of sp³-hybridized carbons (Fsp3) is 0.571. The molecule has 68 valence electrons. The van der Waals surface area contributed by atoms with Crippen molar-refractivity contribution in [3.05, 3.63) is 11.5 Å². The van der Waals surface area contributed by atoms with Crippen molar-refractivity contribution >= 4 is 5.97 Å². The molecule has 0 fully saturated rings. The van der Waals surface area contributed by atoms with Gasteiger partial charge >= 0.3 is 5.97 Å². The quantitative estimate of drug-likeness (QED) is 0.543. The summed E-state index contributed by atoms with van der Waals surface area (Å²) in [5, 5.41) is 11.4. The molecule has 4 N–H and O–H groups in total. The molecule has 0 aromatic carbocycles. The molecule has 0 aromatic rings. The Kier molecular flexibility index (Phi) is 1.97. The van der Waals surface area contributed by atoms with Crippen LogP contribution in [-0.2, 0) is 9.53 Å². The second-order valence-electron chi connectivity index (χ2n) is 2.73. The third-order valence-corrected chi connectivity index (χ3v) is 1.74. The van der Waals surface area contributed by atoms with Gasteiger partial charge in [0.2, 0.25) is 11.6 Å². The van der Waals surface area contributed by atoms with Crippen molar-refractivity contribution < 1.29 is 14.6 Å². The van der Waals surface area contributed by atoms with Crippen LogP contribution in [0.3, 0.4) is 0 Å². The van der Waals surface area contributed by atoms with Crippen LogP contribution in [0.5, 0.6) is 0 Å². The van der Waals surface area contributed by atoms with E-state index in [-0.39, 0.29) is 5.76 Å². The topological polar surface area (TPSA) is 84.6 Å². The molecule has 1 aliphatic heterocycles. The average molecular weight is 172 g/mol. The molecule has 0 radical (unpaired) electrons. The van der Waals surface area contributed by atoms with Gasteiger partial charge in [0.15, 0.2) is 0 Å². The van der Waals surface area contributed by atoms with Gasteiger partial charge in [0, 0.05) is 6.42 Å². The average Bonchev–Trinajstić information content (AvgIpc) is 2.28. The molecular weight excluding hydrogens is 160 g/mol. The molecule has 0 bridgehead atoms. The Bertz CT molecular complexity index is 249. The molecule has 0 aromatic heterocycles. The summed E-state index contributed by atoms with van der Waals surface area (Å²) in [5.41, 5.74) is 6.10. The Morgan fingerprint density at radius 3 is 2.67 bits per heavy atom. The van der Waals surface area contributed by atoms with Gasteiger partial charge in [-0.25, -0.2) is 4.79 Å². The van der Waals surface area contributed by atoms with Crippen LogP contribution in [0, 0.1) is 0 Å². The highest BCUT2D eigenvalue weighted by Crippen LogP contribution is 2.22. The van der Waals surface area contributed by atoms with Crippen molar-refractivity contribution in [1.82, 2.24) is 5.32 Å². The lowest BCUT2D eigenvalue weighted by molar-refractivity contribution is -0.139. The van der Waals surface area contributed by atoms with Crippen LogP contribution >= 0.6 is 0 Å². The molecule has 1 aliphatic rings. The largest absolute Gasteiger partial charge is 0.475 e. The van der Waals surface area contributed by atoms with Gasteiger partial charge in [-0.15, -0.1) is 0 Å². The Balaban J connectivity index is 2.81. The predicted molar refractivity (Wildman–Crippen MR) is 41.8 cm³/mol.